The van der Waals surface area contributed by atoms with E-state index in [0.717, 1.165) is 15.6 Å². The molecule has 6 heteroatoms. The van der Waals surface area contributed by atoms with Crippen molar-refractivity contribution in [2.45, 2.75) is 25.3 Å². The van der Waals surface area contributed by atoms with Gasteiger partial charge >= 0.3 is 5.97 Å². The normalized spacial score (nSPS) is 11.6. The van der Waals surface area contributed by atoms with Gasteiger partial charge in [0.05, 0.1) is 19.6 Å². The molecule has 2 aromatic carbocycles. The second-order valence-electron chi connectivity index (χ2n) is 5.59. The summed E-state index contributed by atoms with van der Waals surface area (Å²) in [4.78, 5) is 23.9. The number of carbonyl (C=O) groups excluding carboxylic acids is 2. The molecule has 0 fully saturated rings. The van der Waals surface area contributed by atoms with Gasteiger partial charge in [-0.3, -0.25) is 9.59 Å². The minimum Gasteiger partial charge on any atom is -0.469 e. The van der Waals surface area contributed by atoms with E-state index in [4.69, 9.17) is 4.74 Å². The molecule has 0 heterocycles. The molecule has 1 amide bonds. The molecule has 1 N–H and O–H groups in total. The summed E-state index contributed by atoms with van der Waals surface area (Å²) in [5.41, 5.74) is 1.56. The zero-order valence-corrected chi connectivity index (χ0v) is 15.4. The van der Waals surface area contributed by atoms with Crippen LogP contribution in [0.2, 0.25) is 0 Å². The number of rotatable bonds is 7. The lowest BCUT2D eigenvalue weighted by Gasteiger charge is -2.18. The maximum Gasteiger partial charge on any atom is 0.307 e. The van der Waals surface area contributed by atoms with Crippen LogP contribution in [0.5, 0.6) is 0 Å². The van der Waals surface area contributed by atoms with Crippen LogP contribution in [0, 0.1) is 5.82 Å². The number of aryl methyl sites for hydroxylation is 1. The molecule has 0 aromatic heterocycles. The highest BCUT2D eigenvalue weighted by Gasteiger charge is 2.19. The van der Waals surface area contributed by atoms with Crippen molar-refractivity contribution in [3.63, 3.8) is 0 Å². The SMILES string of the molecule is COC(=O)CC(NC(=O)CCc1cccc(F)c1)c1cccc(Br)c1. The van der Waals surface area contributed by atoms with Gasteiger partial charge in [0.25, 0.3) is 0 Å². The summed E-state index contributed by atoms with van der Waals surface area (Å²) in [5, 5.41) is 2.86. The number of benzene rings is 2. The summed E-state index contributed by atoms with van der Waals surface area (Å²) in [6, 6.07) is 13.1. The summed E-state index contributed by atoms with van der Waals surface area (Å²) in [6.45, 7) is 0. The predicted octanol–water partition coefficient (Wildman–Crippen LogP) is 3.94. The maximum absolute atomic E-state index is 13.2. The Morgan fingerprint density at radius 1 is 1.20 bits per heavy atom. The fourth-order valence-corrected chi connectivity index (χ4v) is 2.86. The molecule has 1 unspecified atom stereocenters. The van der Waals surface area contributed by atoms with E-state index in [1.807, 2.05) is 24.3 Å². The highest BCUT2D eigenvalue weighted by molar-refractivity contribution is 9.10. The molecule has 0 aliphatic carbocycles. The molecule has 4 nitrogen and oxygen atoms in total. The first-order valence-electron chi connectivity index (χ1n) is 7.84. The zero-order valence-electron chi connectivity index (χ0n) is 13.8. The van der Waals surface area contributed by atoms with E-state index in [1.54, 1.807) is 12.1 Å². The maximum atomic E-state index is 13.2. The monoisotopic (exact) mass is 407 g/mol. The number of hydrogen-bond acceptors (Lipinski definition) is 3. The van der Waals surface area contributed by atoms with E-state index in [9.17, 15) is 14.0 Å². The van der Waals surface area contributed by atoms with Gasteiger partial charge in [-0.1, -0.05) is 40.2 Å². The van der Waals surface area contributed by atoms with Crippen molar-refractivity contribution in [2.24, 2.45) is 0 Å². The first-order valence-corrected chi connectivity index (χ1v) is 8.63. The molecule has 2 aromatic rings. The molecule has 0 saturated heterocycles. The molecule has 2 rings (SSSR count). The van der Waals surface area contributed by atoms with Crippen LogP contribution in [0.15, 0.2) is 53.0 Å². The van der Waals surface area contributed by atoms with Crippen LogP contribution in [0.3, 0.4) is 0 Å². The van der Waals surface area contributed by atoms with E-state index in [-0.39, 0.29) is 24.6 Å². The first kappa shape index (κ1) is 19.1. The van der Waals surface area contributed by atoms with Crippen molar-refractivity contribution >= 4 is 27.8 Å². The Morgan fingerprint density at radius 2 is 1.96 bits per heavy atom. The topological polar surface area (TPSA) is 55.4 Å². The Balaban J connectivity index is 2.02. The van der Waals surface area contributed by atoms with Crippen LogP contribution in [0.4, 0.5) is 4.39 Å². The third-order valence-electron chi connectivity index (χ3n) is 3.71. The molecule has 0 aliphatic heterocycles. The van der Waals surface area contributed by atoms with E-state index < -0.39 is 12.0 Å². The number of nitrogens with one attached hydrogen (secondary N) is 1. The summed E-state index contributed by atoms with van der Waals surface area (Å²) in [6.07, 6.45) is 0.667. The Labute approximate surface area is 154 Å². The number of amides is 1. The third kappa shape index (κ3) is 6.31. The fourth-order valence-electron chi connectivity index (χ4n) is 2.44. The highest BCUT2D eigenvalue weighted by Crippen LogP contribution is 2.21. The molecule has 0 bridgehead atoms. The highest BCUT2D eigenvalue weighted by atomic mass is 79.9. The van der Waals surface area contributed by atoms with Crippen LogP contribution in [-0.4, -0.2) is 19.0 Å². The number of ether oxygens (including phenoxy) is 1. The smallest absolute Gasteiger partial charge is 0.307 e. The van der Waals surface area contributed by atoms with Gasteiger partial charge in [0, 0.05) is 10.9 Å². The number of carbonyl (C=O) groups is 2. The average molecular weight is 408 g/mol. The molecular formula is C19H19BrFNO3. The van der Waals surface area contributed by atoms with Crippen LogP contribution >= 0.6 is 15.9 Å². The van der Waals surface area contributed by atoms with Crippen LogP contribution in [-0.2, 0) is 20.7 Å². The fraction of sp³-hybridized carbons (Fsp3) is 0.263. The Morgan fingerprint density at radius 3 is 2.64 bits per heavy atom. The molecule has 1 atom stereocenters. The number of methoxy groups -OCH3 is 1. The number of esters is 1. The van der Waals surface area contributed by atoms with Crippen LogP contribution < -0.4 is 5.32 Å². The average Bonchev–Trinajstić information content (AvgIpc) is 2.59. The first-order chi connectivity index (χ1) is 12.0. The van der Waals surface area contributed by atoms with Gasteiger partial charge in [-0.2, -0.15) is 0 Å². The summed E-state index contributed by atoms with van der Waals surface area (Å²) in [7, 11) is 1.31. The Bertz CT molecular complexity index is 751. The summed E-state index contributed by atoms with van der Waals surface area (Å²) >= 11 is 3.38. The molecule has 132 valence electrons. The largest absolute Gasteiger partial charge is 0.469 e. The molecule has 0 spiro atoms. The van der Waals surface area contributed by atoms with Gasteiger partial charge in [0.2, 0.25) is 5.91 Å². The van der Waals surface area contributed by atoms with Gasteiger partial charge in [0.15, 0.2) is 0 Å². The minimum absolute atomic E-state index is 0.0403. The Kier molecular flexibility index (Phi) is 7.13. The lowest BCUT2D eigenvalue weighted by molar-refractivity contribution is -0.141. The van der Waals surface area contributed by atoms with Crippen LogP contribution in [0.1, 0.15) is 30.0 Å². The van der Waals surface area contributed by atoms with Crippen molar-refractivity contribution < 1.29 is 18.7 Å². The van der Waals surface area contributed by atoms with Crippen molar-refractivity contribution in [1.29, 1.82) is 0 Å². The van der Waals surface area contributed by atoms with Crippen LogP contribution in [0.25, 0.3) is 0 Å². The van der Waals surface area contributed by atoms with Gasteiger partial charge < -0.3 is 10.1 Å². The second-order valence-corrected chi connectivity index (χ2v) is 6.50. The van der Waals surface area contributed by atoms with Gasteiger partial charge in [-0.15, -0.1) is 0 Å². The van der Waals surface area contributed by atoms with E-state index >= 15 is 0 Å². The predicted molar refractivity (Wildman–Crippen MR) is 96.4 cm³/mol. The molecular weight excluding hydrogens is 389 g/mol. The quantitative estimate of drug-likeness (QED) is 0.707. The third-order valence-corrected chi connectivity index (χ3v) is 4.21. The molecule has 0 saturated carbocycles. The summed E-state index contributed by atoms with van der Waals surface area (Å²) in [5.74, 6) is -0.941. The molecule has 25 heavy (non-hydrogen) atoms. The summed E-state index contributed by atoms with van der Waals surface area (Å²) < 4.78 is 18.8. The standard InChI is InChI=1S/C19H19BrFNO3/c1-25-19(24)12-17(14-5-3-6-15(20)11-14)22-18(23)9-8-13-4-2-7-16(21)10-13/h2-7,10-11,17H,8-9,12H2,1H3,(H,22,23). The second kappa shape index (κ2) is 9.32. The van der Waals surface area contributed by atoms with E-state index in [1.165, 1.54) is 19.2 Å². The lowest BCUT2D eigenvalue weighted by atomic mass is 10.0. The van der Waals surface area contributed by atoms with Gasteiger partial charge in [0.1, 0.15) is 5.82 Å². The number of hydrogen-bond donors (Lipinski definition) is 1. The van der Waals surface area contributed by atoms with Gasteiger partial charge in [-0.25, -0.2) is 4.39 Å². The lowest BCUT2D eigenvalue weighted by Crippen LogP contribution is -2.30. The van der Waals surface area contributed by atoms with Crippen molar-refractivity contribution in [2.75, 3.05) is 7.11 Å². The Hall–Kier alpha value is -2.21. The molecule has 0 radical (unpaired) electrons. The van der Waals surface area contributed by atoms with Gasteiger partial charge in [-0.05, 0) is 41.8 Å². The minimum atomic E-state index is -0.482. The van der Waals surface area contributed by atoms with Crippen molar-refractivity contribution in [3.8, 4) is 0 Å². The van der Waals surface area contributed by atoms with E-state index in [2.05, 4.69) is 21.2 Å². The van der Waals surface area contributed by atoms with E-state index in [0.29, 0.717) is 6.42 Å². The molecule has 0 aliphatic rings. The van der Waals surface area contributed by atoms with Crippen molar-refractivity contribution in [3.05, 3.63) is 69.9 Å². The number of halogens is 2. The van der Waals surface area contributed by atoms with Crippen molar-refractivity contribution in [1.82, 2.24) is 5.32 Å². The zero-order chi connectivity index (χ0) is 18.2.